The first-order valence-corrected chi connectivity index (χ1v) is 9.34. The Kier molecular flexibility index (Phi) is 3.18. The fourth-order valence-corrected chi connectivity index (χ4v) is 7.43. The van der Waals surface area contributed by atoms with E-state index in [0.29, 0.717) is 17.3 Å². The molecule has 2 nitrogen and oxygen atoms in total. The molecule has 0 unspecified atom stereocenters. The number of hydrogen-bond acceptors (Lipinski definition) is 2. The molecule has 2 N–H and O–H groups in total. The summed E-state index contributed by atoms with van der Waals surface area (Å²) in [5.41, 5.74) is 1.88. The standard InChI is InChI=1S/C20H32O2/c1-13-10-20-11-14(13)5-6-15(20)19(3)8-4-7-18(2,12-21)16(19)9-17(20)22/h10,14-17,21-22H,4-9,11-12H2,1-3H3/t14-,15-,16+,17-,18+,19-,20-/m0/s1. The van der Waals surface area contributed by atoms with Crippen LogP contribution in [0.3, 0.4) is 0 Å². The lowest BCUT2D eigenvalue weighted by molar-refractivity contribution is -0.193. The molecular formula is C20H32O2. The second kappa shape index (κ2) is 4.60. The minimum Gasteiger partial charge on any atom is -0.396 e. The quantitative estimate of drug-likeness (QED) is 0.721. The summed E-state index contributed by atoms with van der Waals surface area (Å²) in [6.07, 6.45) is 10.6. The lowest BCUT2D eigenvalue weighted by Gasteiger charge is -2.65. The number of allylic oxidation sites excluding steroid dienone is 1. The lowest BCUT2D eigenvalue weighted by atomic mass is 9.40. The second-order valence-corrected chi connectivity index (χ2v) is 9.51. The van der Waals surface area contributed by atoms with E-state index in [-0.39, 0.29) is 23.5 Å². The van der Waals surface area contributed by atoms with Crippen LogP contribution < -0.4 is 0 Å². The van der Waals surface area contributed by atoms with Crippen molar-refractivity contribution in [3.8, 4) is 0 Å². The maximum Gasteiger partial charge on any atom is 0.0637 e. The van der Waals surface area contributed by atoms with Gasteiger partial charge in [0, 0.05) is 12.0 Å². The number of aliphatic hydroxyl groups is 2. The highest BCUT2D eigenvalue weighted by Crippen LogP contribution is 2.70. The van der Waals surface area contributed by atoms with Crippen LogP contribution in [0.1, 0.15) is 65.7 Å². The Labute approximate surface area is 135 Å². The number of hydrogen-bond donors (Lipinski definition) is 2. The summed E-state index contributed by atoms with van der Waals surface area (Å²) in [5, 5.41) is 21.2. The largest absolute Gasteiger partial charge is 0.396 e. The van der Waals surface area contributed by atoms with Crippen molar-refractivity contribution >= 4 is 0 Å². The average Bonchev–Trinajstić information content (AvgIpc) is 2.73. The van der Waals surface area contributed by atoms with Gasteiger partial charge in [0.1, 0.15) is 0 Å². The van der Waals surface area contributed by atoms with Crippen LogP contribution in [0, 0.1) is 34.0 Å². The van der Waals surface area contributed by atoms with Crippen LogP contribution in [0.25, 0.3) is 0 Å². The molecule has 0 saturated heterocycles. The molecule has 22 heavy (non-hydrogen) atoms. The van der Waals surface area contributed by atoms with Gasteiger partial charge in [-0.2, -0.15) is 0 Å². The molecule has 2 heteroatoms. The van der Waals surface area contributed by atoms with E-state index in [0.717, 1.165) is 18.8 Å². The molecule has 0 amide bonds. The molecule has 1 spiro atoms. The fourth-order valence-electron chi connectivity index (χ4n) is 7.43. The van der Waals surface area contributed by atoms with Gasteiger partial charge in [0.25, 0.3) is 0 Å². The molecule has 3 fully saturated rings. The molecule has 0 aromatic carbocycles. The molecule has 0 aromatic rings. The van der Waals surface area contributed by atoms with Gasteiger partial charge in [-0.05, 0) is 74.0 Å². The van der Waals surface area contributed by atoms with Gasteiger partial charge in [-0.15, -0.1) is 0 Å². The molecule has 7 atom stereocenters. The molecule has 0 aliphatic heterocycles. The highest BCUT2D eigenvalue weighted by atomic mass is 16.3. The molecule has 4 aliphatic rings. The SMILES string of the molecule is CC1=C[C@]23C[C@@H]1CC[C@H]2[C@]1(C)CCC[C@](C)(CO)[C@H]1C[C@@H]3O. The van der Waals surface area contributed by atoms with Gasteiger partial charge >= 0.3 is 0 Å². The zero-order valence-electron chi connectivity index (χ0n) is 14.4. The molecular weight excluding hydrogens is 272 g/mol. The molecule has 0 aromatic heterocycles. The minimum absolute atomic E-state index is 0.00377. The predicted molar refractivity (Wildman–Crippen MR) is 88.3 cm³/mol. The highest BCUT2D eigenvalue weighted by Gasteiger charge is 2.65. The normalized spacial score (nSPS) is 57.0. The monoisotopic (exact) mass is 304 g/mol. The predicted octanol–water partition coefficient (Wildman–Crippen LogP) is 3.92. The summed E-state index contributed by atoms with van der Waals surface area (Å²) < 4.78 is 0. The molecule has 0 radical (unpaired) electrons. The number of fused-ring (bicyclic) bond motifs is 3. The third-order valence-electron chi connectivity index (χ3n) is 8.53. The van der Waals surface area contributed by atoms with Crippen molar-refractivity contribution in [1.29, 1.82) is 0 Å². The summed E-state index contributed by atoms with van der Waals surface area (Å²) in [6.45, 7) is 7.31. The van der Waals surface area contributed by atoms with Crippen molar-refractivity contribution in [2.75, 3.05) is 6.61 Å². The van der Waals surface area contributed by atoms with Crippen molar-refractivity contribution in [2.24, 2.45) is 34.0 Å². The molecule has 2 bridgehead atoms. The van der Waals surface area contributed by atoms with E-state index in [1.807, 2.05) is 0 Å². The second-order valence-electron chi connectivity index (χ2n) is 9.51. The van der Waals surface area contributed by atoms with Gasteiger partial charge in [0.15, 0.2) is 0 Å². The van der Waals surface area contributed by atoms with Crippen LogP contribution in [0.2, 0.25) is 0 Å². The minimum atomic E-state index is -0.209. The molecule has 124 valence electrons. The van der Waals surface area contributed by atoms with Gasteiger partial charge in [-0.1, -0.05) is 31.9 Å². The van der Waals surface area contributed by atoms with E-state index in [9.17, 15) is 10.2 Å². The third kappa shape index (κ3) is 1.69. The Morgan fingerprint density at radius 1 is 1.18 bits per heavy atom. The van der Waals surface area contributed by atoms with Gasteiger partial charge < -0.3 is 10.2 Å². The summed E-state index contributed by atoms with van der Waals surface area (Å²) in [5.74, 6) is 1.79. The van der Waals surface area contributed by atoms with Crippen LogP contribution in [-0.4, -0.2) is 22.9 Å². The molecule has 3 saturated carbocycles. The molecule has 4 aliphatic carbocycles. The van der Waals surface area contributed by atoms with E-state index >= 15 is 0 Å². The Morgan fingerprint density at radius 2 is 1.95 bits per heavy atom. The third-order valence-corrected chi connectivity index (χ3v) is 8.53. The van der Waals surface area contributed by atoms with E-state index < -0.39 is 0 Å². The lowest BCUT2D eigenvalue weighted by Crippen LogP contribution is -2.61. The van der Waals surface area contributed by atoms with Crippen LogP contribution in [-0.2, 0) is 0 Å². The zero-order valence-corrected chi connectivity index (χ0v) is 14.4. The van der Waals surface area contributed by atoms with E-state index in [1.54, 1.807) is 0 Å². The van der Waals surface area contributed by atoms with Crippen molar-refractivity contribution in [1.82, 2.24) is 0 Å². The Morgan fingerprint density at radius 3 is 2.68 bits per heavy atom. The van der Waals surface area contributed by atoms with E-state index in [1.165, 1.54) is 37.7 Å². The summed E-state index contributed by atoms with van der Waals surface area (Å²) in [6, 6.07) is 0. The first kappa shape index (κ1) is 15.2. The fraction of sp³-hybridized carbons (Fsp3) is 0.900. The molecule has 0 heterocycles. The topological polar surface area (TPSA) is 40.5 Å². The maximum atomic E-state index is 11.2. The van der Waals surface area contributed by atoms with Crippen molar-refractivity contribution in [3.05, 3.63) is 11.6 Å². The van der Waals surface area contributed by atoms with Crippen molar-refractivity contribution in [3.63, 3.8) is 0 Å². The van der Waals surface area contributed by atoms with Crippen molar-refractivity contribution < 1.29 is 10.2 Å². The van der Waals surface area contributed by atoms with Crippen LogP contribution in [0.4, 0.5) is 0 Å². The van der Waals surface area contributed by atoms with Gasteiger partial charge in [-0.25, -0.2) is 0 Å². The Hall–Kier alpha value is -0.340. The first-order chi connectivity index (χ1) is 10.4. The van der Waals surface area contributed by atoms with Gasteiger partial charge in [0.2, 0.25) is 0 Å². The Bertz CT molecular complexity index is 512. The smallest absolute Gasteiger partial charge is 0.0637 e. The van der Waals surface area contributed by atoms with Crippen molar-refractivity contribution in [2.45, 2.75) is 71.8 Å². The van der Waals surface area contributed by atoms with E-state index in [4.69, 9.17) is 0 Å². The number of aliphatic hydroxyl groups excluding tert-OH is 2. The number of rotatable bonds is 1. The summed E-state index contributed by atoms with van der Waals surface area (Å²) in [4.78, 5) is 0. The van der Waals surface area contributed by atoms with Gasteiger partial charge in [-0.3, -0.25) is 0 Å². The first-order valence-electron chi connectivity index (χ1n) is 9.34. The molecule has 4 rings (SSSR count). The highest BCUT2D eigenvalue weighted by molar-refractivity contribution is 5.29. The maximum absolute atomic E-state index is 11.2. The van der Waals surface area contributed by atoms with E-state index in [2.05, 4.69) is 26.8 Å². The zero-order chi connectivity index (χ0) is 15.8. The summed E-state index contributed by atoms with van der Waals surface area (Å²) >= 11 is 0. The Balaban J connectivity index is 1.80. The van der Waals surface area contributed by atoms with Crippen LogP contribution in [0.15, 0.2) is 11.6 Å². The van der Waals surface area contributed by atoms with Crippen LogP contribution in [0.5, 0.6) is 0 Å². The van der Waals surface area contributed by atoms with Gasteiger partial charge in [0.05, 0.1) is 6.10 Å². The average molecular weight is 304 g/mol. The van der Waals surface area contributed by atoms with Crippen LogP contribution >= 0.6 is 0 Å². The summed E-state index contributed by atoms with van der Waals surface area (Å²) in [7, 11) is 0.